The van der Waals surface area contributed by atoms with Crippen molar-refractivity contribution in [3.05, 3.63) is 12.4 Å². The number of hydrogen-bond donors (Lipinski definition) is 1. The minimum absolute atomic E-state index is 0.0625. The summed E-state index contributed by atoms with van der Waals surface area (Å²) in [5.41, 5.74) is 0. The van der Waals surface area contributed by atoms with E-state index in [4.69, 9.17) is 4.74 Å². The molecule has 0 aromatic carbocycles. The number of methoxy groups -OCH3 is 1. The summed E-state index contributed by atoms with van der Waals surface area (Å²) in [6, 6.07) is 0. The Morgan fingerprint density at radius 1 is 1.40 bits per heavy atom. The molecule has 0 bridgehead atoms. The summed E-state index contributed by atoms with van der Waals surface area (Å²) in [5, 5.41) is 2.84. The van der Waals surface area contributed by atoms with Crippen LogP contribution in [0.2, 0.25) is 0 Å². The number of carbonyl (C=O) groups excluding carboxylic acids is 1. The third kappa shape index (κ3) is 3.94. The fourth-order valence-electron chi connectivity index (χ4n) is 2.32. The van der Waals surface area contributed by atoms with Gasteiger partial charge in [-0.3, -0.25) is 9.69 Å². The van der Waals surface area contributed by atoms with Gasteiger partial charge in [0.05, 0.1) is 13.2 Å². The van der Waals surface area contributed by atoms with E-state index in [1.165, 1.54) is 0 Å². The Morgan fingerprint density at radius 2 is 2.15 bits per heavy atom. The number of rotatable bonds is 6. The van der Waals surface area contributed by atoms with Crippen molar-refractivity contribution < 1.29 is 9.53 Å². The van der Waals surface area contributed by atoms with Crippen molar-refractivity contribution in [2.24, 2.45) is 7.05 Å². The van der Waals surface area contributed by atoms with Crippen LogP contribution in [-0.2, 0) is 16.6 Å². The molecule has 1 aromatic rings. The van der Waals surface area contributed by atoms with Crippen LogP contribution in [0, 0.1) is 0 Å². The van der Waals surface area contributed by atoms with Crippen molar-refractivity contribution in [1.82, 2.24) is 19.8 Å². The Labute approximate surface area is 119 Å². The lowest BCUT2D eigenvalue weighted by molar-refractivity contribution is -0.122. The second kappa shape index (κ2) is 7.25. The Morgan fingerprint density at radius 3 is 2.75 bits per heavy atom. The number of anilines is 1. The van der Waals surface area contributed by atoms with E-state index in [9.17, 15) is 4.79 Å². The average Bonchev–Trinajstić information content (AvgIpc) is 2.86. The SMILES string of the molecule is COCCNC(=O)CN1CCN(c2nccn2C)CC1. The molecule has 2 heterocycles. The quantitative estimate of drug-likeness (QED) is 0.699. The number of aryl methyl sites for hydroxylation is 1. The van der Waals surface area contributed by atoms with Gasteiger partial charge in [-0.2, -0.15) is 0 Å². The molecule has 1 N–H and O–H groups in total. The van der Waals surface area contributed by atoms with Gasteiger partial charge in [0, 0.05) is 59.3 Å². The molecular formula is C13H23N5O2. The highest BCUT2D eigenvalue weighted by Crippen LogP contribution is 2.12. The summed E-state index contributed by atoms with van der Waals surface area (Å²) >= 11 is 0. The normalized spacial score (nSPS) is 16.4. The standard InChI is InChI=1S/C13H23N5O2/c1-16-5-3-15-13(16)18-8-6-17(7-9-18)11-12(19)14-4-10-20-2/h3,5H,4,6-11H2,1-2H3,(H,14,19). The molecule has 0 aliphatic carbocycles. The Balaban J connectivity index is 1.72. The fraction of sp³-hybridized carbons (Fsp3) is 0.692. The highest BCUT2D eigenvalue weighted by Gasteiger charge is 2.20. The van der Waals surface area contributed by atoms with Gasteiger partial charge < -0.3 is 19.5 Å². The molecule has 7 nitrogen and oxygen atoms in total. The summed E-state index contributed by atoms with van der Waals surface area (Å²) in [6.45, 7) is 5.14. The molecule has 1 aromatic heterocycles. The lowest BCUT2D eigenvalue weighted by Gasteiger charge is -2.34. The number of nitrogens with one attached hydrogen (secondary N) is 1. The molecule has 1 amide bonds. The average molecular weight is 281 g/mol. The van der Waals surface area contributed by atoms with Gasteiger partial charge in [-0.1, -0.05) is 0 Å². The van der Waals surface area contributed by atoms with Gasteiger partial charge in [-0.25, -0.2) is 4.98 Å². The van der Waals surface area contributed by atoms with Crippen molar-refractivity contribution in [1.29, 1.82) is 0 Å². The zero-order chi connectivity index (χ0) is 14.4. The van der Waals surface area contributed by atoms with E-state index in [0.717, 1.165) is 32.1 Å². The van der Waals surface area contributed by atoms with E-state index in [0.29, 0.717) is 19.7 Å². The van der Waals surface area contributed by atoms with Gasteiger partial charge in [0.25, 0.3) is 0 Å². The van der Waals surface area contributed by atoms with Crippen LogP contribution in [0.3, 0.4) is 0 Å². The molecule has 0 atom stereocenters. The second-order valence-corrected chi connectivity index (χ2v) is 4.94. The van der Waals surface area contributed by atoms with Crippen LogP contribution in [0.25, 0.3) is 0 Å². The largest absolute Gasteiger partial charge is 0.383 e. The second-order valence-electron chi connectivity index (χ2n) is 4.94. The Kier molecular flexibility index (Phi) is 5.37. The van der Waals surface area contributed by atoms with Crippen LogP contribution in [0.15, 0.2) is 12.4 Å². The minimum Gasteiger partial charge on any atom is -0.383 e. The first kappa shape index (κ1) is 14.8. The number of ether oxygens (including phenoxy) is 1. The lowest BCUT2D eigenvalue weighted by atomic mass is 10.3. The number of amides is 1. The van der Waals surface area contributed by atoms with Gasteiger partial charge in [0.15, 0.2) is 0 Å². The monoisotopic (exact) mass is 281 g/mol. The van der Waals surface area contributed by atoms with Crippen molar-refractivity contribution in [3.63, 3.8) is 0 Å². The van der Waals surface area contributed by atoms with Crippen molar-refractivity contribution >= 4 is 11.9 Å². The topological polar surface area (TPSA) is 62.6 Å². The van der Waals surface area contributed by atoms with Crippen LogP contribution in [0.1, 0.15) is 0 Å². The summed E-state index contributed by atoms with van der Waals surface area (Å²) in [5.74, 6) is 1.06. The van der Waals surface area contributed by atoms with Crippen molar-refractivity contribution in [3.8, 4) is 0 Å². The molecule has 0 radical (unpaired) electrons. The third-order valence-electron chi connectivity index (χ3n) is 3.45. The van der Waals surface area contributed by atoms with E-state index >= 15 is 0 Å². The van der Waals surface area contributed by atoms with Crippen LogP contribution in [0.4, 0.5) is 5.95 Å². The summed E-state index contributed by atoms with van der Waals surface area (Å²) in [7, 11) is 3.63. The van der Waals surface area contributed by atoms with Crippen molar-refractivity contribution in [2.45, 2.75) is 0 Å². The van der Waals surface area contributed by atoms with E-state index < -0.39 is 0 Å². The fourth-order valence-corrected chi connectivity index (χ4v) is 2.32. The summed E-state index contributed by atoms with van der Waals surface area (Å²) in [6.07, 6.45) is 3.76. The molecule has 20 heavy (non-hydrogen) atoms. The Bertz CT molecular complexity index is 426. The molecule has 2 rings (SSSR count). The summed E-state index contributed by atoms with van der Waals surface area (Å²) < 4.78 is 6.93. The number of hydrogen-bond acceptors (Lipinski definition) is 5. The number of carbonyl (C=O) groups is 1. The first-order valence-electron chi connectivity index (χ1n) is 6.91. The van der Waals surface area contributed by atoms with Gasteiger partial charge >= 0.3 is 0 Å². The van der Waals surface area contributed by atoms with Crippen LogP contribution in [-0.4, -0.2) is 73.3 Å². The van der Waals surface area contributed by atoms with E-state index in [1.54, 1.807) is 7.11 Å². The van der Waals surface area contributed by atoms with E-state index in [1.807, 2.05) is 24.0 Å². The van der Waals surface area contributed by atoms with Crippen LogP contribution in [0.5, 0.6) is 0 Å². The molecule has 7 heteroatoms. The molecular weight excluding hydrogens is 258 g/mol. The van der Waals surface area contributed by atoms with Crippen LogP contribution >= 0.6 is 0 Å². The number of aromatic nitrogens is 2. The predicted octanol–water partition coefficient (Wildman–Crippen LogP) is -0.695. The molecule has 0 saturated carbocycles. The molecule has 1 saturated heterocycles. The van der Waals surface area contributed by atoms with Gasteiger partial charge in [0.2, 0.25) is 11.9 Å². The molecule has 1 aliphatic rings. The zero-order valence-electron chi connectivity index (χ0n) is 12.2. The zero-order valence-corrected chi connectivity index (χ0v) is 12.2. The van der Waals surface area contributed by atoms with E-state index in [2.05, 4.69) is 20.1 Å². The number of nitrogens with zero attached hydrogens (tertiary/aromatic N) is 4. The maximum Gasteiger partial charge on any atom is 0.234 e. The number of imidazole rings is 1. The van der Waals surface area contributed by atoms with Gasteiger partial charge in [-0.15, -0.1) is 0 Å². The van der Waals surface area contributed by atoms with E-state index in [-0.39, 0.29) is 5.91 Å². The maximum absolute atomic E-state index is 11.7. The molecule has 0 unspecified atom stereocenters. The maximum atomic E-state index is 11.7. The molecule has 0 spiro atoms. The first-order chi connectivity index (χ1) is 9.70. The minimum atomic E-state index is 0.0625. The smallest absolute Gasteiger partial charge is 0.234 e. The highest BCUT2D eigenvalue weighted by molar-refractivity contribution is 5.78. The van der Waals surface area contributed by atoms with Crippen molar-refractivity contribution in [2.75, 3.05) is 57.9 Å². The molecule has 112 valence electrons. The Hall–Kier alpha value is -1.60. The lowest BCUT2D eigenvalue weighted by Crippen LogP contribution is -2.50. The third-order valence-corrected chi connectivity index (χ3v) is 3.45. The molecule has 1 aliphatic heterocycles. The highest BCUT2D eigenvalue weighted by atomic mass is 16.5. The first-order valence-corrected chi connectivity index (χ1v) is 6.91. The van der Waals surface area contributed by atoms with Crippen LogP contribution < -0.4 is 10.2 Å². The summed E-state index contributed by atoms with van der Waals surface area (Å²) in [4.78, 5) is 20.5. The van der Waals surface area contributed by atoms with Gasteiger partial charge in [-0.05, 0) is 0 Å². The van der Waals surface area contributed by atoms with Gasteiger partial charge in [0.1, 0.15) is 0 Å². The predicted molar refractivity (Wildman–Crippen MR) is 76.7 cm³/mol. The number of piperazine rings is 1. The molecule has 1 fully saturated rings.